The van der Waals surface area contributed by atoms with Crippen LogP contribution in [0.15, 0.2) is 41.6 Å². The fourth-order valence-electron chi connectivity index (χ4n) is 2.35. The zero-order valence-corrected chi connectivity index (χ0v) is 15.2. The first-order chi connectivity index (χ1) is 11.2. The van der Waals surface area contributed by atoms with E-state index < -0.39 is 9.84 Å². The van der Waals surface area contributed by atoms with E-state index in [9.17, 15) is 13.2 Å². The first kappa shape index (κ1) is 18.2. The van der Waals surface area contributed by atoms with Crippen LogP contribution in [0.25, 0.3) is 0 Å². The third kappa shape index (κ3) is 4.23. The quantitative estimate of drug-likeness (QED) is 0.869. The summed E-state index contributed by atoms with van der Waals surface area (Å²) >= 11 is 0. The van der Waals surface area contributed by atoms with Gasteiger partial charge in [-0.05, 0) is 38.0 Å². The normalized spacial score (nSPS) is 13.0. The number of rotatable bonds is 6. The Kier molecular flexibility index (Phi) is 5.43. The van der Waals surface area contributed by atoms with Crippen LogP contribution < -0.4 is 5.32 Å². The van der Waals surface area contributed by atoms with E-state index >= 15 is 0 Å². The summed E-state index contributed by atoms with van der Waals surface area (Å²) < 4.78 is 24.8. The third-order valence-corrected chi connectivity index (χ3v) is 4.95. The molecular formula is C17H23N3O3S. The molecule has 0 fully saturated rings. The van der Waals surface area contributed by atoms with Crippen molar-refractivity contribution in [2.24, 2.45) is 0 Å². The maximum absolute atomic E-state index is 12.4. The monoisotopic (exact) mass is 349 g/mol. The molecule has 0 aliphatic carbocycles. The van der Waals surface area contributed by atoms with Gasteiger partial charge in [-0.1, -0.05) is 19.1 Å². The highest BCUT2D eigenvalue weighted by molar-refractivity contribution is 7.90. The molecule has 0 saturated carbocycles. The van der Waals surface area contributed by atoms with E-state index in [1.54, 1.807) is 41.3 Å². The summed E-state index contributed by atoms with van der Waals surface area (Å²) in [5.74, 6) is -0.194. The van der Waals surface area contributed by atoms with Crippen LogP contribution in [0.4, 0.5) is 0 Å². The Morgan fingerprint density at radius 1 is 1.25 bits per heavy atom. The van der Waals surface area contributed by atoms with Gasteiger partial charge in [-0.3, -0.25) is 9.48 Å². The first-order valence-electron chi connectivity index (χ1n) is 7.87. The third-order valence-electron chi connectivity index (χ3n) is 3.82. The van der Waals surface area contributed by atoms with Crippen LogP contribution in [0.3, 0.4) is 0 Å². The Morgan fingerprint density at radius 2 is 1.88 bits per heavy atom. The van der Waals surface area contributed by atoms with E-state index in [2.05, 4.69) is 10.4 Å². The topological polar surface area (TPSA) is 81.1 Å². The van der Waals surface area contributed by atoms with Gasteiger partial charge in [0, 0.05) is 18.5 Å². The predicted molar refractivity (Wildman–Crippen MR) is 92.7 cm³/mol. The largest absolute Gasteiger partial charge is 0.345 e. The molecule has 0 aliphatic rings. The van der Waals surface area contributed by atoms with Crippen LogP contribution in [0.5, 0.6) is 0 Å². The second kappa shape index (κ2) is 7.17. The summed E-state index contributed by atoms with van der Waals surface area (Å²) in [6.45, 7) is 5.95. The average Bonchev–Trinajstić information content (AvgIpc) is 3.02. The smallest absolute Gasteiger partial charge is 0.254 e. The second-order valence-electron chi connectivity index (χ2n) is 6.08. The molecule has 7 heteroatoms. The number of sulfone groups is 1. The highest BCUT2D eigenvalue weighted by Crippen LogP contribution is 2.20. The summed E-state index contributed by atoms with van der Waals surface area (Å²) in [6, 6.07) is 6.61. The van der Waals surface area contributed by atoms with Crippen LogP contribution in [-0.4, -0.2) is 30.4 Å². The van der Waals surface area contributed by atoms with E-state index in [1.807, 2.05) is 20.8 Å². The lowest BCUT2D eigenvalue weighted by atomic mass is 10.0. The van der Waals surface area contributed by atoms with Crippen LogP contribution in [0.1, 0.15) is 55.2 Å². The van der Waals surface area contributed by atoms with Crippen molar-refractivity contribution in [1.82, 2.24) is 15.1 Å². The van der Waals surface area contributed by atoms with E-state index in [4.69, 9.17) is 0 Å². The van der Waals surface area contributed by atoms with Gasteiger partial charge in [-0.15, -0.1) is 0 Å². The van der Waals surface area contributed by atoms with Gasteiger partial charge in [0.15, 0.2) is 9.84 Å². The van der Waals surface area contributed by atoms with Crippen LogP contribution in [0.2, 0.25) is 0 Å². The summed E-state index contributed by atoms with van der Waals surface area (Å²) in [4.78, 5) is 12.7. The minimum absolute atomic E-state index is 0.187. The van der Waals surface area contributed by atoms with Crippen molar-refractivity contribution < 1.29 is 13.2 Å². The molecule has 0 aliphatic heterocycles. The molecule has 1 N–H and O–H groups in total. The van der Waals surface area contributed by atoms with Crippen LogP contribution >= 0.6 is 0 Å². The molecule has 0 bridgehead atoms. The van der Waals surface area contributed by atoms with Crippen molar-refractivity contribution in [2.45, 2.75) is 44.2 Å². The van der Waals surface area contributed by atoms with Crippen molar-refractivity contribution in [1.29, 1.82) is 0 Å². The zero-order valence-electron chi connectivity index (χ0n) is 14.4. The van der Waals surface area contributed by atoms with Gasteiger partial charge < -0.3 is 5.32 Å². The summed E-state index contributed by atoms with van der Waals surface area (Å²) in [6.07, 6.45) is 5.14. The standard InChI is InChI=1S/C17H23N3O3S/c1-5-16(13-6-8-15(9-7-13)24(4,22)23)19-17(21)14-10-18-20(11-14)12(2)3/h6-12,16H,5H2,1-4H3,(H,19,21)/t16-/m1/s1. The van der Waals surface area contributed by atoms with E-state index in [1.165, 1.54) is 6.26 Å². The molecule has 130 valence electrons. The Hall–Kier alpha value is -2.15. The maximum atomic E-state index is 12.4. The number of hydrogen-bond donors (Lipinski definition) is 1. The lowest BCUT2D eigenvalue weighted by Crippen LogP contribution is -2.28. The van der Waals surface area contributed by atoms with Gasteiger partial charge in [-0.25, -0.2) is 8.42 Å². The Labute approximate surface area is 142 Å². The van der Waals surface area contributed by atoms with Crippen LogP contribution in [0, 0.1) is 0 Å². The van der Waals surface area contributed by atoms with Crippen molar-refractivity contribution >= 4 is 15.7 Å². The molecule has 1 atom stereocenters. The number of amides is 1. The predicted octanol–water partition coefficient (Wildman–Crippen LogP) is 2.75. The Morgan fingerprint density at radius 3 is 2.33 bits per heavy atom. The molecule has 0 saturated heterocycles. The number of benzene rings is 1. The van der Waals surface area contributed by atoms with Crippen molar-refractivity contribution in [2.75, 3.05) is 6.26 Å². The lowest BCUT2D eigenvalue weighted by molar-refractivity contribution is 0.0935. The molecule has 1 amide bonds. The summed E-state index contributed by atoms with van der Waals surface area (Å²) in [5.41, 5.74) is 1.38. The van der Waals surface area contributed by atoms with Gasteiger partial charge in [-0.2, -0.15) is 5.10 Å². The number of carbonyl (C=O) groups excluding carboxylic acids is 1. The maximum Gasteiger partial charge on any atom is 0.254 e. The van der Waals surface area contributed by atoms with Gasteiger partial charge >= 0.3 is 0 Å². The molecule has 1 aromatic carbocycles. The fraction of sp³-hybridized carbons (Fsp3) is 0.412. The van der Waals surface area contributed by atoms with Gasteiger partial charge in [0.2, 0.25) is 0 Å². The zero-order chi connectivity index (χ0) is 17.9. The molecule has 1 heterocycles. The Bertz CT molecular complexity index is 808. The van der Waals surface area contributed by atoms with Crippen molar-refractivity contribution in [3.8, 4) is 0 Å². The van der Waals surface area contributed by atoms with Gasteiger partial charge in [0.1, 0.15) is 0 Å². The fourth-order valence-corrected chi connectivity index (χ4v) is 2.98. The average molecular weight is 349 g/mol. The number of aromatic nitrogens is 2. The van der Waals surface area contributed by atoms with E-state index in [0.717, 1.165) is 5.56 Å². The molecule has 24 heavy (non-hydrogen) atoms. The molecule has 1 aromatic heterocycles. The highest BCUT2D eigenvalue weighted by Gasteiger charge is 2.17. The van der Waals surface area contributed by atoms with Gasteiger partial charge in [0.25, 0.3) is 5.91 Å². The molecule has 0 spiro atoms. The number of carbonyl (C=O) groups is 1. The highest BCUT2D eigenvalue weighted by atomic mass is 32.2. The number of nitrogens with zero attached hydrogens (tertiary/aromatic N) is 2. The summed E-state index contributed by atoms with van der Waals surface area (Å²) in [7, 11) is -3.22. The minimum Gasteiger partial charge on any atom is -0.345 e. The molecule has 6 nitrogen and oxygen atoms in total. The molecule has 2 aromatic rings. The molecule has 0 radical (unpaired) electrons. The first-order valence-corrected chi connectivity index (χ1v) is 9.76. The van der Waals surface area contributed by atoms with E-state index in [0.29, 0.717) is 12.0 Å². The van der Waals surface area contributed by atoms with E-state index in [-0.39, 0.29) is 22.9 Å². The molecular weight excluding hydrogens is 326 g/mol. The lowest BCUT2D eigenvalue weighted by Gasteiger charge is -2.17. The van der Waals surface area contributed by atoms with Crippen molar-refractivity contribution in [3.05, 3.63) is 47.8 Å². The van der Waals surface area contributed by atoms with Gasteiger partial charge in [0.05, 0.1) is 22.7 Å². The molecule has 2 rings (SSSR count). The number of nitrogens with one attached hydrogen (secondary N) is 1. The SMILES string of the molecule is CC[C@@H](NC(=O)c1cnn(C(C)C)c1)c1ccc(S(C)(=O)=O)cc1. The summed E-state index contributed by atoms with van der Waals surface area (Å²) in [5, 5.41) is 7.14. The van der Waals surface area contributed by atoms with Crippen molar-refractivity contribution in [3.63, 3.8) is 0 Å². The second-order valence-corrected chi connectivity index (χ2v) is 8.09. The van der Waals surface area contributed by atoms with Crippen LogP contribution in [-0.2, 0) is 9.84 Å². The number of hydrogen-bond acceptors (Lipinski definition) is 4. The Balaban J connectivity index is 2.15. The molecule has 0 unspecified atom stereocenters. The minimum atomic E-state index is -3.22.